The summed E-state index contributed by atoms with van der Waals surface area (Å²) in [5.41, 5.74) is 2.18. The Labute approximate surface area is 92.0 Å². The van der Waals surface area contributed by atoms with Crippen molar-refractivity contribution in [1.82, 2.24) is 0 Å². The molecule has 68 valence electrons. The van der Waals surface area contributed by atoms with E-state index < -0.39 is 0 Å². The third-order valence-electron chi connectivity index (χ3n) is 1.83. The van der Waals surface area contributed by atoms with Crippen molar-refractivity contribution in [2.45, 2.75) is 32.2 Å². The fourth-order valence-corrected chi connectivity index (χ4v) is 2.30. The summed E-state index contributed by atoms with van der Waals surface area (Å²) in [5.74, 6) is 0. The molecular formula is C9H15INS+. The van der Waals surface area contributed by atoms with E-state index in [-0.39, 0.29) is 0 Å². The average molecular weight is 296 g/mol. The second-order valence-corrected chi connectivity index (χ2v) is 4.70. The van der Waals surface area contributed by atoms with Gasteiger partial charge in [-0.15, -0.1) is 0 Å². The summed E-state index contributed by atoms with van der Waals surface area (Å²) < 4.78 is 3.58. The summed E-state index contributed by atoms with van der Waals surface area (Å²) in [6, 6.07) is 0. The van der Waals surface area contributed by atoms with E-state index in [2.05, 4.69) is 44.2 Å². The number of hydrogen-bond acceptors (Lipinski definition) is 1. The van der Waals surface area contributed by atoms with Crippen LogP contribution in [0.4, 0.5) is 0 Å². The van der Waals surface area contributed by atoms with Crippen molar-refractivity contribution in [2.75, 3.05) is 4.43 Å². The van der Waals surface area contributed by atoms with Crippen LogP contribution in [0.1, 0.15) is 25.7 Å². The second kappa shape index (κ2) is 6.83. The van der Waals surface area contributed by atoms with E-state index in [4.69, 9.17) is 0 Å². The van der Waals surface area contributed by atoms with E-state index in [1.807, 2.05) is 0 Å². The second-order valence-electron chi connectivity index (χ2n) is 2.87. The van der Waals surface area contributed by atoms with Gasteiger partial charge in [0.15, 0.2) is 6.20 Å². The molecule has 0 fully saturated rings. The molecule has 1 heterocycles. The van der Waals surface area contributed by atoms with Gasteiger partial charge in [-0.1, -0.05) is 40.3 Å². The molecule has 0 saturated heterocycles. The molecule has 0 saturated carbocycles. The lowest BCUT2D eigenvalue weighted by molar-refractivity contribution is -0.692. The highest BCUT2D eigenvalue weighted by atomic mass is 127. The fourth-order valence-electron chi connectivity index (χ4n) is 1.13. The van der Waals surface area contributed by atoms with Gasteiger partial charge in [0.05, 0.1) is 5.38 Å². The van der Waals surface area contributed by atoms with Crippen LogP contribution in [-0.4, -0.2) is 4.43 Å². The van der Waals surface area contributed by atoms with E-state index in [9.17, 15) is 0 Å². The van der Waals surface area contributed by atoms with E-state index in [1.165, 1.54) is 36.7 Å². The van der Waals surface area contributed by atoms with Gasteiger partial charge >= 0.3 is 0 Å². The van der Waals surface area contributed by atoms with Gasteiger partial charge in [0, 0.05) is 6.42 Å². The molecule has 1 aromatic rings. The molecule has 1 aromatic heterocycles. The van der Waals surface area contributed by atoms with Crippen molar-refractivity contribution >= 4 is 33.9 Å². The topological polar surface area (TPSA) is 3.88 Å². The highest BCUT2D eigenvalue weighted by molar-refractivity contribution is 14.1. The predicted molar refractivity (Wildman–Crippen MR) is 61.9 cm³/mol. The first-order chi connectivity index (χ1) is 5.93. The molecule has 0 unspecified atom stereocenters. The van der Waals surface area contributed by atoms with Gasteiger partial charge in [-0.2, -0.15) is 4.57 Å². The molecule has 3 heteroatoms. The number of aryl methyl sites for hydroxylation is 1. The zero-order chi connectivity index (χ0) is 8.65. The quantitative estimate of drug-likeness (QED) is 0.329. The number of rotatable bonds is 6. The fraction of sp³-hybridized carbons (Fsp3) is 0.667. The van der Waals surface area contributed by atoms with Gasteiger partial charge in [0.1, 0.15) is 6.54 Å². The number of nitrogens with zero attached hydrogens (tertiary/aromatic N) is 1. The number of hydrogen-bond donors (Lipinski definition) is 0. The van der Waals surface area contributed by atoms with Crippen LogP contribution in [0.2, 0.25) is 0 Å². The summed E-state index contributed by atoms with van der Waals surface area (Å²) in [7, 11) is 0. The molecule has 12 heavy (non-hydrogen) atoms. The third-order valence-corrected chi connectivity index (χ3v) is 3.26. The Morgan fingerprint density at radius 2 is 2.00 bits per heavy atom. The summed E-state index contributed by atoms with van der Waals surface area (Å²) in [4.78, 5) is 0. The van der Waals surface area contributed by atoms with Gasteiger partial charge in [-0.3, -0.25) is 0 Å². The molecule has 0 spiro atoms. The molecule has 0 amide bonds. The normalized spacial score (nSPS) is 10.4. The van der Waals surface area contributed by atoms with Crippen molar-refractivity contribution in [1.29, 1.82) is 0 Å². The number of alkyl halides is 1. The Bertz CT molecular complexity index is 186. The van der Waals surface area contributed by atoms with Crippen LogP contribution in [0.15, 0.2) is 17.1 Å². The standard InChI is InChI=1S/C9H15INS/c10-5-3-1-2-4-6-11-7-8-12-9-11/h7-9H,1-6H2/q+1. The van der Waals surface area contributed by atoms with Crippen molar-refractivity contribution in [3.8, 4) is 0 Å². The molecule has 0 aromatic carbocycles. The zero-order valence-electron chi connectivity index (χ0n) is 7.21. The smallest absolute Gasteiger partial charge is 0.195 e. The maximum atomic E-state index is 2.45. The van der Waals surface area contributed by atoms with E-state index in [0.717, 1.165) is 0 Å². The number of halogens is 1. The molecular weight excluding hydrogens is 281 g/mol. The van der Waals surface area contributed by atoms with Crippen molar-refractivity contribution in [3.63, 3.8) is 0 Å². The maximum absolute atomic E-state index is 2.45. The summed E-state index contributed by atoms with van der Waals surface area (Å²) in [6.07, 6.45) is 7.65. The first-order valence-corrected chi connectivity index (χ1v) is 6.87. The average Bonchev–Trinajstić information content (AvgIpc) is 2.57. The minimum atomic E-state index is 1.20. The lowest BCUT2D eigenvalue weighted by Gasteiger charge is -1.94. The van der Waals surface area contributed by atoms with Gasteiger partial charge < -0.3 is 0 Å². The highest BCUT2D eigenvalue weighted by Crippen LogP contribution is 2.02. The zero-order valence-corrected chi connectivity index (χ0v) is 10.2. The molecule has 0 aliphatic rings. The van der Waals surface area contributed by atoms with Gasteiger partial charge in [0.2, 0.25) is 5.51 Å². The molecule has 0 N–H and O–H groups in total. The lowest BCUT2D eigenvalue weighted by atomic mass is 10.2. The minimum Gasteiger partial charge on any atom is -0.195 e. The summed E-state index contributed by atoms with van der Waals surface area (Å²) >= 11 is 4.22. The van der Waals surface area contributed by atoms with E-state index in [0.29, 0.717) is 0 Å². The van der Waals surface area contributed by atoms with Crippen LogP contribution in [0.3, 0.4) is 0 Å². The summed E-state index contributed by atoms with van der Waals surface area (Å²) in [5, 5.41) is 2.13. The Hall–Kier alpha value is 0.360. The van der Waals surface area contributed by atoms with Crippen LogP contribution in [0.25, 0.3) is 0 Å². The number of thiazole rings is 1. The molecule has 0 aliphatic carbocycles. The molecule has 1 rings (SSSR count). The van der Waals surface area contributed by atoms with Gasteiger partial charge in [-0.25, -0.2) is 0 Å². The highest BCUT2D eigenvalue weighted by Gasteiger charge is 1.98. The van der Waals surface area contributed by atoms with Crippen molar-refractivity contribution < 1.29 is 4.57 Å². The molecule has 0 bridgehead atoms. The van der Waals surface area contributed by atoms with Crippen LogP contribution < -0.4 is 4.57 Å². The Morgan fingerprint density at radius 1 is 1.17 bits per heavy atom. The third kappa shape index (κ3) is 4.40. The van der Waals surface area contributed by atoms with Gasteiger partial charge in [0.25, 0.3) is 0 Å². The van der Waals surface area contributed by atoms with E-state index >= 15 is 0 Å². The van der Waals surface area contributed by atoms with Crippen molar-refractivity contribution in [2.24, 2.45) is 0 Å². The monoisotopic (exact) mass is 296 g/mol. The molecule has 1 nitrogen and oxygen atoms in total. The first kappa shape index (κ1) is 10.4. The van der Waals surface area contributed by atoms with Crippen LogP contribution in [-0.2, 0) is 6.54 Å². The predicted octanol–water partition coefficient (Wildman–Crippen LogP) is 3.03. The molecule has 0 aliphatic heterocycles. The largest absolute Gasteiger partial charge is 0.224 e. The molecule has 0 radical (unpaired) electrons. The minimum absolute atomic E-state index is 1.20. The maximum Gasteiger partial charge on any atom is 0.224 e. The summed E-state index contributed by atoms with van der Waals surface area (Å²) in [6.45, 7) is 1.20. The number of aromatic nitrogens is 1. The Morgan fingerprint density at radius 3 is 2.67 bits per heavy atom. The van der Waals surface area contributed by atoms with E-state index in [1.54, 1.807) is 11.3 Å². The molecule has 0 atom stereocenters. The van der Waals surface area contributed by atoms with Crippen molar-refractivity contribution in [3.05, 3.63) is 17.1 Å². The first-order valence-electron chi connectivity index (χ1n) is 4.40. The Kier molecular flexibility index (Phi) is 5.94. The SMILES string of the molecule is ICCCCCC[n+]1ccsc1. The van der Waals surface area contributed by atoms with Gasteiger partial charge in [-0.05, 0) is 17.3 Å². The van der Waals surface area contributed by atoms with Crippen LogP contribution >= 0.6 is 33.9 Å². The Balaban J connectivity index is 1.96. The number of unbranched alkanes of at least 4 members (excludes halogenated alkanes) is 3. The lowest BCUT2D eigenvalue weighted by Crippen LogP contribution is -2.29. The van der Waals surface area contributed by atoms with Crippen LogP contribution in [0.5, 0.6) is 0 Å². The van der Waals surface area contributed by atoms with Crippen LogP contribution in [0, 0.1) is 0 Å².